The Morgan fingerprint density at radius 3 is 2.55 bits per heavy atom. The monoisotopic (exact) mass is 300 g/mol. The molecule has 1 aromatic rings. The van der Waals surface area contributed by atoms with E-state index in [-0.39, 0.29) is 24.1 Å². The minimum absolute atomic E-state index is 0. The zero-order valence-electron chi connectivity index (χ0n) is 11.7. The van der Waals surface area contributed by atoms with Crippen molar-refractivity contribution in [3.8, 4) is 0 Å². The Bertz CT molecular complexity index is 449. The molecule has 3 nitrogen and oxygen atoms in total. The lowest BCUT2D eigenvalue weighted by molar-refractivity contribution is -0.123. The average Bonchev–Trinajstić information content (AvgIpc) is 3.20. The van der Waals surface area contributed by atoms with E-state index in [0.29, 0.717) is 12.1 Å². The quantitative estimate of drug-likeness (QED) is 0.759. The second kappa shape index (κ2) is 7.60. The van der Waals surface area contributed by atoms with E-state index < -0.39 is 5.41 Å². The van der Waals surface area contributed by atoms with Crippen molar-refractivity contribution in [1.82, 2.24) is 10.6 Å². The first-order valence-electron chi connectivity index (χ1n) is 6.95. The van der Waals surface area contributed by atoms with Gasteiger partial charge in [-0.15, -0.1) is 12.4 Å². The lowest BCUT2D eigenvalue weighted by atomic mass is 9.94. The summed E-state index contributed by atoms with van der Waals surface area (Å²) in [6.45, 7) is 4.40. The largest absolute Gasteiger partial charge is 0.354 e. The van der Waals surface area contributed by atoms with E-state index in [2.05, 4.69) is 17.6 Å². The molecule has 1 saturated carbocycles. The molecule has 0 aromatic heterocycles. The van der Waals surface area contributed by atoms with Gasteiger partial charge in [-0.3, -0.25) is 4.79 Å². The number of rotatable bonds is 7. The first-order chi connectivity index (χ1) is 9.20. The highest BCUT2D eigenvalue weighted by Gasteiger charge is 2.52. The number of halogens is 2. The number of carbonyl (C=O) groups is 1. The van der Waals surface area contributed by atoms with Crippen molar-refractivity contribution in [2.24, 2.45) is 0 Å². The molecule has 1 aliphatic carbocycles. The summed E-state index contributed by atoms with van der Waals surface area (Å²) in [5, 5.41) is 6.13. The van der Waals surface area contributed by atoms with E-state index in [4.69, 9.17) is 0 Å². The predicted molar refractivity (Wildman–Crippen MR) is 80.7 cm³/mol. The predicted octanol–water partition coefficient (Wildman–Crippen LogP) is 2.39. The van der Waals surface area contributed by atoms with Crippen molar-refractivity contribution in [3.05, 3.63) is 35.6 Å². The summed E-state index contributed by atoms with van der Waals surface area (Å²) in [4.78, 5) is 12.2. The van der Waals surface area contributed by atoms with Gasteiger partial charge >= 0.3 is 0 Å². The summed E-state index contributed by atoms with van der Waals surface area (Å²) in [6, 6.07) is 6.58. The molecule has 1 aliphatic rings. The minimum atomic E-state index is -0.615. The number of benzene rings is 1. The van der Waals surface area contributed by atoms with E-state index in [0.717, 1.165) is 32.4 Å². The molecule has 0 bridgehead atoms. The Hall–Kier alpha value is -1.13. The summed E-state index contributed by atoms with van der Waals surface area (Å²) in [5.41, 5.74) is -0.0789. The number of hydrogen-bond acceptors (Lipinski definition) is 2. The molecule has 5 heteroatoms. The maximum Gasteiger partial charge on any atom is 0.230 e. The zero-order valence-corrected chi connectivity index (χ0v) is 12.6. The molecule has 1 amide bonds. The van der Waals surface area contributed by atoms with Gasteiger partial charge in [-0.2, -0.15) is 0 Å². The number of amides is 1. The first kappa shape index (κ1) is 16.9. The van der Waals surface area contributed by atoms with Crippen LogP contribution in [0.25, 0.3) is 0 Å². The van der Waals surface area contributed by atoms with Gasteiger partial charge in [0.1, 0.15) is 5.82 Å². The standard InChI is InChI=1S/C15H21FN2O.ClH/c1-2-9-17-10-11-18-14(19)15(7-8-15)12-5-3-4-6-13(12)16;/h3-6,17H,2,7-11H2,1H3,(H,18,19);1H. The van der Waals surface area contributed by atoms with Crippen LogP contribution in [0.15, 0.2) is 24.3 Å². The Morgan fingerprint density at radius 2 is 1.95 bits per heavy atom. The fourth-order valence-electron chi connectivity index (χ4n) is 2.33. The van der Waals surface area contributed by atoms with Gasteiger partial charge < -0.3 is 10.6 Å². The summed E-state index contributed by atoms with van der Waals surface area (Å²) in [7, 11) is 0. The van der Waals surface area contributed by atoms with Crippen molar-refractivity contribution in [2.75, 3.05) is 19.6 Å². The minimum Gasteiger partial charge on any atom is -0.354 e. The van der Waals surface area contributed by atoms with Crippen molar-refractivity contribution < 1.29 is 9.18 Å². The van der Waals surface area contributed by atoms with Gasteiger partial charge in [0.2, 0.25) is 5.91 Å². The van der Waals surface area contributed by atoms with Crippen LogP contribution in [0.3, 0.4) is 0 Å². The molecule has 0 saturated heterocycles. The second-order valence-corrected chi connectivity index (χ2v) is 5.07. The van der Waals surface area contributed by atoms with Gasteiger partial charge in [0, 0.05) is 18.7 Å². The van der Waals surface area contributed by atoms with Crippen molar-refractivity contribution in [1.29, 1.82) is 0 Å². The van der Waals surface area contributed by atoms with E-state index in [9.17, 15) is 9.18 Å². The number of carbonyl (C=O) groups excluding carboxylic acids is 1. The van der Waals surface area contributed by atoms with Gasteiger partial charge in [-0.05, 0) is 31.9 Å². The molecular formula is C15H22ClFN2O. The maximum atomic E-state index is 13.8. The summed E-state index contributed by atoms with van der Waals surface area (Å²) in [6.07, 6.45) is 2.55. The van der Waals surface area contributed by atoms with E-state index in [1.807, 2.05) is 0 Å². The summed E-state index contributed by atoms with van der Waals surface area (Å²) < 4.78 is 13.8. The van der Waals surface area contributed by atoms with Crippen LogP contribution in [0.5, 0.6) is 0 Å². The fourth-order valence-corrected chi connectivity index (χ4v) is 2.33. The Kier molecular flexibility index (Phi) is 6.43. The summed E-state index contributed by atoms with van der Waals surface area (Å²) in [5.74, 6) is -0.324. The maximum absolute atomic E-state index is 13.8. The highest BCUT2D eigenvalue weighted by atomic mass is 35.5. The Balaban J connectivity index is 0.00000200. The first-order valence-corrected chi connectivity index (χ1v) is 6.95. The van der Waals surface area contributed by atoms with Gasteiger partial charge in [-0.1, -0.05) is 25.1 Å². The zero-order chi connectivity index (χ0) is 13.7. The Morgan fingerprint density at radius 1 is 1.25 bits per heavy atom. The lowest BCUT2D eigenvalue weighted by Gasteiger charge is -2.16. The van der Waals surface area contributed by atoms with Crippen LogP contribution in [-0.2, 0) is 10.2 Å². The van der Waals surface area contributed by atoms with Gasteiger partial charge in [0.05, 0.1) is 5.41 Å². The lowest BCUT2D eigenvalue weighted by Crippen LogP contribution is -2.39. The van der Waals surface area contributed by atoms with Gasteiger partial charge in [0.25, 0.3) is 0 Å². The molecule has 2 rings (SSSR count). The molecule has 0 unspecified atom stereocenters. The van der Waals surface area contributed by atoms with Crippen LogP contribution in [0.2, 0.25) is 0 Å². The van der Waals surface area contributed by atoms with Crippen molar-refractivity contribution in [3.63, 3.8) is 0 Å². The molecule has 0 radical (unpaired) electrons. The SMILES string of the molecule is CCCNCCNC(=O)C1(c2ccccc2F)CC1.Cl. The smallest absolute Gasteiger partial charge is 0.230 e. The molecule has 1 aromatic carbocycles. The average molecular weight is 301 g/mol. The third-order valence-corrected chi connectivity index (χ3v) is 3.59. The van der Waals surface area contributed by atoms with E-state index in [1.54, 1.807) is 18.2 Å². The Labute approximate surface area is 125 Å². The third kappa shape index (κ3) is 3.70. The van der Waals surface area contributed by atoms with E-state index >= 15 is 0 Å². The highest BCUT2D eigenvalue weighted by molar-refractivity contribution is 5.91. The van der Waals surface area contributed by atoms with Crippen molar-refractivity contribution in [2.45, 2.75) is 31.6 Å². The fraction of sp³-hybridized carbons (Fsp3) is 0.533. The molecule has 0 heterocycles. The molecule has 2 N–H and O–H groups in total. The van der Waals surface area contributed by atoms with Crippen LogP contribution in [0.1, 0.15) is 31.7 Å². The third-order valence-electron chi connectivity index (χ3n) is 3.59. The number of hydrogen-bond donors (Lipinski definition) is 2. The van der Waals surface area contributed by atoms with E-state index in [1.165, 1.54) is 6.07 Å². The second-order valence-electron chi connectivity index (χ2n) is 5.07. The van der Waals surface area contributed by atoms with Gasteiger partial charge in [-0.25, -0.2) is 4.39 Å². The van der Waals surface area contributed by atoms with Crippen LogP contribution >= 0.6 is 12.4 Å². The van der Waals surface area contributed by atoms with Gasteiger partial charge in [0.15, 0.2) is 0 Å². The molecule has 1 fully saturated rings. The molecule has 0 aliphatic heterocycles. The van der Waals surface area contributed by atoms with Crippen LogP contribution in [-0.4, -0.2) is 25.5 Å². The topological polar surface area (TPSA) is 41.1 Å². The number of nitrogens with one attached hydrogen (secondary N) is 2. The molecule has 112 valence electrons. The molecule has 0 spiro atoms. The van der Waals surface area contributed by atoms with Crippen LogP contribution < -0.4 is 10.6 Å². The molecular weight excluding hydrogens is 279 g/mol. The normalized spacial score (nSPS) is 15.3. The highest BCUT2D eigenvalue weighted by Crippen LogP contribution is 2.49. The molecule has 0 atom stereocenters. The summed E-state index contributed by atoms with van der Waals surface area (Å²) >= 11 is 0. The van der Waals surface area contributed by atoms with Crippen molar-refractivity contribution >= 4 is 18.3 Å². The molecule has 20 heavy (non-hydrogen) atoms. The van der Waals surface area contributed by atoms with Crippen LogP contribution in [0.4, 0.5) is 4.39 Å². The van der Waals surface area contributed by atoms with Crippen LogP contribution in [0, 0.1) is 5.82 Å².